The summed E-state index contributed by atoms with van der Waals surface area (Å²) in [6.45, 7) is 4.06. The van der Waals surface area contributed by atoms with Gasteiger partial charge in [0, 0.05) is 6.54 Å². The number of hydrogen-bond acceptors (Lipinski definition) is 3. The number of nitrogens with zero attached hydrogens (tertiary/aromatic N) is 1. The zero-order valence-electron chi connectivity index (χ0n) is 12.3. The van der Waals surface area contributed by atoms with Crippen LogP contribution in [0.5, 0.6) is 0 Å². The van der Waals surface area contributed by atoms with Crippen molar-refractivity contribution < 1.29 is 18.3 Å². The van der Waals surface area contributed by atoms with Gasteiger partial charge in [0.1, 0.15) is 6.04 Å². The predicted octanol–water partition coefficient (Wildman–Crippen LogP) is 2.22. The van der Waals surface area contributed by atoms with E-state index in [-0.39, 0.29) is 5.25 Å². The summed E-state index contributed by atoms with van der Waals surface area (Å²) in [6.07, 6.45) is 5.78. The summed E-state index contributed by atoms with van der Waals surface area (Å²) in [5.41, 5.74) is -0.508. The van der Waals surface area contributed by atoms with Crippen molar-refractivity contribution >= 4 is 16.0 Å². The van der Waals surface area contributed by atoms with Crippen LogP contribution in [0.1, 0.15) is 58.8 Å². The summed E-state index contributed by atoms with van der Waals surface area (Å²) in [6, 6.07) is -0.928. The maximum Gasteiger partial charge on any atom is 0.322 e. The van der Waals surface area contributed by atoms with Crippen molar-refractivity contribution in [2.75, 3.05) is 6.54 Å². The molecule has 0 bridgehead atoms. The molecule has 1 saturated carbocycles. The molecule has 0 amide bonds. The first-order valence-electron chi connectivity index (χ1n) is 7.50. The molecule has 6 heteroatoms. The summed E-state index contributed by atoms with van der Waals surface area (Å²) in [4.78, 5) is 11.6. The molecule has 0 aromatic rings. The standard InChI is InChI=1S/C14H25NO4S/c1-14(2)9-6-10-15(12(14)13(16)17)20(18,19)11-7-4-3-5-8-11/h11-12H,3-10H2,1-2H3,(H,16,17). The number of piperidine rings is 1. The molecule has 1 aliphatic heterocycles. The number of carbonyl (C=O) groups is 1. The van der Waals surface area contributed by atoms with Crippen LogP contribution in [-0.4, -0.2) is 41.6 Å². The molecule has 2 rings (SSSR count). The van der Waals surface area contributed by atoms with E-state index in [9.17, 15) is 18.3 Å². The van der Waals surface area contributed by atoms with Gasteiger partial charge in [-0.15, -0.1) is 0 Å². The molecule has 5 nitrogen and oxygen atoms in total. The molecule has 1 heterocycles. The minimum atomic E-state index is -3.50. The first-order valence-corrected chi connectivity index (χ1v) is 9.00. The Bertz CT molecular complexity index is 466. The summed E-state index contributed by atoms with van der Waals surface area (Å²) >= 11 is 0. The van der Waals surface area contributed by atoms with Crippen molar-refractivity contribution in [3.63, 3.8) is 0 Å². The van der Waals surface area contributed by atoms with Crippen molar-refractivity contribution in [3.8, 4) is 0 Å². The van der Waals surface area contributed by atoms with Gasteiger partial charge in [0.2, 0.25) is 10.0 Å². The minimum Gasteiger partial charge on any atom is -0.480 e. The molecular weight excluding hydrogens is 278 g/mol. The van der Waals surface area contributed by atoms with Crippen molar-refractivity contribution in [1.82, 2.24) is 4.31 Å². The van der Waals surface area contributed by atoms with E-state index >= 15 is 0 Å². The lowest BCUT2D eigenvalue weighted by Gasteiger charge is -2.44. The van der Waals surface area contributed by atoms with Crippen molar-refractivity contribution in [1.29, 1.82) is 0 Å². The number of aliphatic carboxylic acids is 1. The molecule has 20 heavy (non-hydrogen) atoms. The average Bonchev–Trinajstić information content (AvgIpc) is 2.37. The Morgan fingerprint density at radius 2 is 1.75 bits per heavy atom. The van der Waals surface area contributed by atoms with Crippen LogP contribution in [0.15, 0.2) is 0 Å². The monoisotopic (exact) mass is 303 g/mol. The fourth-order valence-corrected chi connectivity index (χ4v) is 6.00. The molecule has 2 fully saturated rings. The molecule has 1 unspecified atom stereocenters. The van der Waals surface area contributed by atoms with E-state index in [0.29, 0.717) is 19.4 Å². The molecule has 1 aliphatic carbocycles. The zero-order valence-corrected chi connectivity index (χ0v) is 13.2. The quantitative estimate of drug-likeness (QED) is 0.867. The zero-order chi connectivity index (χ0) is 15.0. The average molecular weight is 303 g/mol. The molecule has 0 aromatic heterocycles. The third-order valence-corrected chi connectivity index (χ3v) is 7.12. The van der Waals surface area contributed by atoms with Crippen LogP contribution in [0, 0.1) is 5.41 Å². The number of rotatable bonds is 3. The fraction of sp³-hybridized carbons (Fsp3) is 0.929. The summed E-state index contributed by atoms with van der Waals surface area (Å²) in [7, 11) is -3.50. The Balaban J connectivity index is 2.30. The Labute approximate surface area is 121 Å². The van der Waals surface area contributed by atoms with Crippen LogP contribution in [-0.2, 0) is 14.8 Å². The molecule has 0 radical (unpaired) electrons. The van der Waals surface area contributed by atoms with Gasteiger partial charge in [-0.25, -0.2) is 8.42 Å². The molecule has 1 N–H and O–H groups in total. The molecular formula is C14H25NO4S. The van der Waals surface area contributed by atoms with Crippen LogP contribution >= 0.6 is 0 Å². The topological polar surface area (TPSA) is 74.7 Å². The SMILES string of the molecule is CC1(C)CCCN(S(=O)(=O)C2CCCCC2)C1C(=O)O. The van der Waals surface area contributed by atoms with Gasteiger partial charge in [-0.05, 0) is 31.1 Å². The molecule has 0 aromatic carbocycles. The summed E-state index contributed by atoms with van der Waals surface area (Å²) in [5.74, 6) is -1.02. The maximum atomic E-state index is 12.8. The lowest BCUT2D eigenvalue weighted by molar-refractivity contribution is -0.147. The second-order valence-corrected chi connectivity index (χ2v) is 8.91. The second kappa shape index (κ2) is 5.64. The van der Waals surface area contributed by atoms with Crippen molar-refractivity contribution in [3.05, 3.63) is 0 Å². The highest BCUT2D eigenvalue weighted by atomic mass is 32.2. The van der Waals surface area contributed by atoms with E-state index in [2.05, 4.69) is 0 Å². The van der Waals surface area contributed by atoms with Gasteiger partial charge in [-0.2, -0.15) is 4.31 Å². The minimum absolute atomic E-state index is 0.346. The largest absolute Gasteiger partial charge is 0.480 e. The van der Waals surface area contributed by atoms with Gasteiger partial charge in [-0.3, -0.25) is 4.79 Å². The molecule has 0 spiro atoms. The Hall–Kier alpha value is -0.620. The summed E-state index contributed by atoms with van der Waals surface area (Å²) < 4.78 is 26.9. The van der Waals surface area contributed by atoms with Crippen molar-refractivity contribution in [2.24, 2.45) is 5.41 Å². The third-order valence-electron chi connectivity index (χ3n) is 4.76. The van der Waals surface area contributed by atoms with E-state index in [4.69, 9.17) is 0 Å². The lowest BCUT2D eigenvalue weighted by atomic mass is 9.77. The smallest absolute Gasteiger partial charge is 0.322 e. The normalized spacial score (nSPS) is 29.2. The summed E-state index contributed by atoms with van der Waals surface area (Å²) in [5, 5.41) is 9.12. The van der Waals surface area contributed by atoms with E-state index in [0.717, 1.165) is 32.1 Å². The van der Waals surface area contributed by atoms with Crippen LogP contribution in [0.25, 0.3) is 0 Å². The number of sulfonamides is 1. The molecule has 1 atom stereocenters. The molecule has 2 aliphatic rings. The van der Waals surface area contributed by atoms with Gasteiger partial charge in [0.15, 0.2) is 0 Å². The van der Waals surface area contributed by atoms with Gasteiger partial charge >= 0.3 is 5.97 Å². The van der Waals surface area contributed by atoms with E-state index in [1.165, 1.54) is 4.31 Å². The molecule has 116 valence electrons. The number of carboxylic acid groups (broad SMARTS) is 1. The Morgan fingerprint density at radius 1 is 1.15 bits per heavy atom. The Kier molecular flexibility index (Phi) is 4.44. The van der Waals surface area contributed by atoms with Crippen LogP contribution in [0.3, 0.4) is 0 Å². The number of hydrogen-bond donors (Lipinski definition) is 1. The van der Waals surface area contributed by atoms with Gasteiger partial charge < -0.3 is 5.11 Å². The third kappa shape index (κ3) is 2.86. The van der Waals surface area contributed by atoms with Gasteiger partial charge in [0.05, 0.1) is 5.25 Å². The highest BCUT2D eigenvalue weighted by molar-refractivity contribution is 7.89. The fourth-order valence-electron chi connectivity index (χ4n) is 3.63. The number of carboxylic acids is 1. The lowest BCUT2D eigenvalue weighted by Crippen LogP contribution is -2.58. The van der Waals surface area contributed by atoms with E-state index in [1.54, 1.807) is 0 Å². The highest BCUT2D eigenvalue weighted by Crippen LogP contribution is 2.39. The van der Waals surface area contributed by atoms with E-state index in [1.807, 2.05) is 13.8 Å². The maximum absolute atomic E-state index is 12.8. The van der Waals surface area contributed by atoms with Crippen molar-refractivity contribution in [2.45, 2.75) is 70.1 Å². The highest BCUT2D eigenvalue weighted by Gasteiger charge is 2.49. The first kappa shape index (κ1) is 15.8. The van der Waals surface area contributed by atoms with E-state index < -0.39 is 27.4 Å². The van der Waals surface area contributed by atoms with Crippen LogP contribution < -0.4 is 0 Å². The van der Waals surface area contributed by atoms with Gasteiger partial charge in [0.25, 0.3) is 0 Å². The first-order chi connectivity index (χ1) is 9.27. The predicted molar refractivity (Wildman–Crippen MR) is 76.9 cm³/mol. The second-order valence-electron chi connectivity index (χ2n) is 6.75. The Morgan fingerprint density at radius 3 is 2.30 bits per heavy atom. The van der Waals surface area contributed by atoms with Crippen LogP contribution in [0.4, 0.5) is 0 Å². The van der Waals surface area contributed by atoms with Gasteiger partial charge in [-0.1, -0.05) is 33.1 Å². The van der Waals surface area contributed by atoms with Crippen LogP contribution in [0.2, 0.25) is 0 Å². The molecule has 1 saturated heterocycles.